The summed E-state index contributed by atoms with van der Waals surface area (Å²) in [7, 11) is 0. The highest BCUT2D eigenvalue weighted by Crippen LogP contribution is 2.32. The minimum atomic E-state index is -0.622. The molecule has 0 spiro atoms. The molecule has 3 nitrogen and oxygen atoms in total. The predicted octanol–water partition coefficient (Wildman–Crippen LogP) is 5.86. The zero-order chi connectivity index (χ0) is 23.1. The molecular formula is C28H38FNO2. The Bertz CT molecular complexity index is 883. The number of fused-ring (bicyclic) bond motifs is 1. The molecule has 0 radical (unpaired) electrons. The van der Waals surface area contributed by atoms with Crippen LogP contribution in [0.3, 0.4) is 0 Å². The van der Waals surface area contributed by atoms with Crippen molar-refractivity contribution >= 4 is 6.08 Å². The Morgan fingerprint density at radius 1 is 1.16 bits per heavy atom. The fourth-order valence-electron chi connectivity index (χ4n) is 4.87. The number of aliphatic hydroxyl groups excluding tert-OH is 1. The normalized spacial score (nSPS) is 16.4. The number of β-amino-alcohol motifs (C(OH)–C–C–N with tert-alkyl or cyclic N) is 1. The molecule has 2 N–H and O–H groups in total. The van der Waals surface area contributed by atoms with E-state index in [4.69, 9.17) is 4.74 Å². The highest BCUT2D eigenvalue weighted by Gasteiger charge is 2.28. The van der Waals surface area contributed by atoms with Crippen molar-refractivity contribution < 1.29 is 14.2 Å². The van der Waals surface area contributed by atoms with E-state index in [0.717, 1.165) is 24.8 Å². The second-order valence-corrected chi connectivity index (χ2v) is 9.64. The molecule has 32 heavy (non-hydrogen) atoms. The average Bonchev–Trinajstić information content (AvgIpc) is 3.16. The largest absolute Gasteiger partial charge is 0.389 e. The number of ether oxygens (including phenoxy) is 1. The van der Waals surface area contributed by atoms with E-state index in [1.54, 1.807) is 12.1 Å². The molecule has 0 saturated carbocycles. The molecule has 3 rings (SSSR count). The van der Waals surface area contributed by atoms with Crippen LogP contribution in [0.1, 0.15) is 68.9 Å². The third-order valence-electron chi connectivity index (χ3n) is 6.38. The third-order valence-corrected chi connectivity index (χ3v) is 6.38. The van der Waals surface area contributed by atoms with Crippen molar-refractivity contribution in [3.8, 4) is 0 Å². The predicted molar refractivity (Wildman–Crippen MR) is 130 cm³/mol. The topological polar surface area (TPSA) is 41.5 Å². The van der Waals surface area contributed by atoms with Crippen LogP contribution in [0.5, 0.6) is 0 Å². The number of rotatable bonds is 11. The summed E-state index contributed by atoms with van der Waals surface area (Å²) in [6.45, 7) is 8.97. The van der Waals surface area contributed by atoms with Gasteiger partial charge in [-0.15, -0.1) is 0 Å². The van der Waals surface area contributed by atoms with E-state index >= 15 is 0 Å². The van der Waals surface area contributed by atoms with Crippen molar-refractivity contribution in [3.05, 3.63) is 76.6 Å². The lowest BCUT2D eigenvalue weighted by Crippen LogP contribution is -2.45. The van der Waals surface area contributed by atoms with Gasteiger partial charge in [0.25, 0.3) is 0 Å². The lowest BCUT2D eigenvalue weighted by atomic mass is 9.88. The monoisotopic (exact) mass is 439 g/mol. The molecule has 1 aliphatic rings. The van der Waals surface area contributed by atoms with Gasteiger partial charge in [0.05, 0.1) is 18.8 Å². The van der Waals surface area contributed by atoms with Gasteiger partial charge in [-0.3, -0.25) is 0 Å². The van der Waals surface area contributed by atoms with Gasteiger partial charge in [0.15, 0.2) is 0 Å². The van der Waals surface area contributed by atoms with E-state index in [1.165, 1.54) is 17.2 Å². The Morgan fingerprint density at radius 3 is 2.47 bits per heavy atom. The van der Waals surface area contributed by atoms with Gasteiger partial charge >= 0.3 is 0 Å². The molecule has 2 atom stereocenters. The Balaban J connectivity index is 1.49. The number of hydrogen-bond donors (Lipinski definition) is 2. The second-order valence-electron chi connectivity index (χ2n) is 9.64. The van der Waals surface area contributed by atoms with E-state index < -0.39 is 6.10 Å². The van der Waals surface area contributed by atoms with E-state index in [9.17, 15) is 9.50 Å². The SMILES string of the molecule is C/C=C/c1c(F)cccc1[C@@H](CC)OC[C@H](O)CNC(C)(C)CC1Cc2ccccc2C1. The van der Waals surface area contributed by atoms with Crippen LogP contribution < -0.4 is 5.32 Å². The van der Waals surface area contributed by atoms with Crippen LogP contribution in [0.4, 0.5) is 4.39 Å². The van der Waals surface area contributed by atoms with Crippen molar-refractivity contribution in [1.82, 2.24) is 5.32 Å². The molecule has 2 aromatic carbocycles. The third kappa shape index (κ3) is 6.50. The summed E-state index contributed by atoms with van der Waals surface area (Å²) in [6.07, 6.45) is 6.77. The van der Waals surface area contributed by atoms with Gasteiger partial charge in [-0.1, -0.05) is 55.5 Å². The van der Waals surface area contributed by atoms with E-state index in [2.05, 4.69) is 43.4 Å². The molecule has 0 bridgehead atoms. The van der Waals surface area contributed by atoms with Crippen LogP contribution in [0, 0.1) is 11.7 Å². The number of halogens is 1. The first-order valence-corrected chi connectivity index (χ1v) is 11.9. The summed E-state index contributed by atoms with van der Waals surface area (Å²) in [5, 5.41) is 14.1. The standard InChI is InChI=1S/C28H38FNO2/c1-5-10-24-25(13-9-14-26(24)29)27(6-2)32-19-23(31)18-30-28(3,4)17-20-15-21-11-7-8-12-22(21)16-20/h5,7-14,20,23,27,30-31H,6,15-19H2,1-4H3/b10-5+/t23-,27-/m1/s1. The molecule has 0 fully saturated rings. The lowest BCUT2D eigenvalue weighted by Gasteiger charge is -2.31. The average molecular weight is 440 g/mol. The summed E-state index contributed by atoms with van der Waals surface area (Å²) in [5.41, 5.74) is 4.27. The second kappa shape index (κ2) is 11.2. The summed E-state index contributed by atoms with van der Waals surface area (Å²) >= 11 is 0. The minimum absolute atomic E-state index is 0.0699. The first-order chi connectivity index (χ1) is 15.3. The van der Waals surface area contributed by atoms with E-state index in [-0.39, 0.29) is 24.1 Å². The van der Waals surface area contributed by atoms with Gasteiger partial charge in [-0.2, -0.15) is 0 Å². The van der Waals surface area contributed by atoms with Crippen LogP contribution in [0.25, 0.3) is 6.08 Å². The fourth-order valence-corrected chi connectivity index (χ4v) is 4.87. The quantitative estimate of drug-likeness (QED) is 0.461. The zero-order valence-electron chi connectivity index (χ0n) is 19.9. The minimum Gasteiger partial charge on any atom is -0.389 e. The van der Waals surface area contributed by atoms with Gasteiger partial charge < -0.3 is 15.2 Å². The Hall–Kier alpha value is -2.01. The zero-order valence-corrected chi connectivity index (χ0v) is 19.9. The van der Waals surface area contributed by atoms with Crippen molar-refractivity contribution in [2.45, 2.75) is 71.1 Å². The Morgan fingerprint density at radius 2 is 1.84 bits per heavy atom. The summed E-state index contributed by atoms with van der Waals surface area (Å²) < 4.78 is 20.3. The van der Waals surface area contributed by atoms with Gasteiger partial charge in [-0.05, 0) is 75.1 Å². The van der Waals surface area contributed by atoms with Gasteiger partial charge in [0, 0.05) is 17.6 Å². The summed E-state index contributed by atoms with van der Waals surface area (Å²) in [6, 6.07) is 13.8. The maximum Gasteiger partial charge on any atom is 0.130 e. The Kier molecular flexibility index (Phi) is 8.64. The molecule has 0 heterocycles. The molecule has 0 aliphatic heterocycles. The molecule has 0 unspecified atom stereocenters. The highest BCUT2D eigenvalue weighted by molar-refractivity contribution is 5.55. The lowest BCUT2D eigenvalue weighted by molar-refractivity contribution is -0.0138. The summed E-state index contributed by atoms with van der Waals surface area (Å²) in [4.78, 5) is 0. The molecule has 174 valence electrons. The van der Waals surface area contributed by atoms with E-state index in [1.807, 2.05) is 26.0 Å². The molecule has 0 aromatic heterocycles. The smallest absolute Gasteiger partial charge is 0.130 e. The van der Waals surface area contributed by atoms with Crippen molar-refractivity contribution in [3.63, 3.8) is 0 Å². The molecule has 2 aromatic rings. The molecular weight excluding hydrogens is 401 g/mol. The maximum absolute atomic E-state index is 14.3. The molecule has 0 amide bonds. The number of allylic oxidation sites excluding steroid dienone is 1. The van der Waals surface area contributed by atoms with Crippen molar-refractivity contribution in [1.29, 1.82) is 0 Å². The highest BCUT2D eigenvalue weighted by atomic mass is 19.1. The molecule has 1 aliphatic carbocycles. The number of aliphatic hydroxyl groups is 1. The van der Waals surface area contributed by atoms with Gasteiger partial charge in [0.1, 0.15) is 5.82 Å². The molecule has 4 heteroatoms. The Labute approximate surface area is 192 Å². The van der Waals surface area contributed by atoms with Crippen LogP contribution in [0.15, 0.2) is 48.5 Å². The van der Waals surface area contributed by atoms with Crippen molar-refractivity contribution in [2.24, 2.45) is 5.92 Å². The summed E-state index contributed by atoms with van der Waals surface area (Å²) in [5.74, 6) is 0.381. The first kappa shape index (κ1) is 24.6. The van der Waals surface area contributed by atoms with Crippen molar-refractivity contribution in [2.75, 3.05) is 13.2 Å². The van der Waals surface area contributed by atoms with Crippen LogP contribution in [-0.4, -0.2) is 29.9 Å². The number of benzene rings is 2. The van der Waals surface area contributed by atoms with Gasteiger partial charge in [-0.25, -0.2) is 4.39 Å². The van der Waals surface area contributed by atoms with Gasteiger partial charge in [0.2, 0.25) is 0 Å². The number of nitrogens with one attached hydrogen (secondary N) is 1. The van der Waals surface area contributed by atoms with Crippen LogP contribution in [0.2, 0.25) is 0 Å². The van der Waals surface area contributed by atoms with Crippen LogP contribution >= 0.6 is 0 Å². The fraction of sp³-hybridized carbons (Fsp3) is 0.500. The first-order valence-electron chi connectivity index (χ1n) is 11.9. The number of hydrogen-bond acceptors (Lipinski definition) is 3. The molecule has 0 saturated heterocycles. The van der Waals surface area contributed by atoms with Crippen LogP contribution in [-0.2, 0) is 17.6 Å². The maximum atomic E-state index is 14.3. The van der Waals surface area contributed by atoms with E-state index in [0.29, 0.717) is 24.4 Å².